The number of likely N-dealkylation sites (N-methyl/N-ethyl adjacent to an activating group) is 1. The second-order valence-corrected chi connectivity index (χ2v) is 6.93. The van der Waals surface area contributed by atoms with Crippen LogP contribution in [-0.4, -0.2) is 57.7 Å². The summed E-state index contributed by atoms with van der Waals surface area (Å²) in [6.45, 7) is 6.92. The smallest absolute Gasteiger partial charge is 0.240 e. The Kier molecular flexibility index (Phi) is 4.52. The maximum absolute atomic E-state index is 13.0. The molecule has 1 aromatic rings. The molecule has 2 aliphatic heterocycles. The van der Waals surface area contributed by atoms with E-state index in [-0.39, 0.29) is 6.04 Å². The lowest BCUT2D eigenvalue weighted by Gasteiger charge is -2.38. The molecule has 0 aliphatic carbocycles. The van der Waals surface area contributed by atoms with Gasteiger partial charge in [-0.1, -0.05) is 0 Å². The van der Waals surface area contributed by atoms with Crippen LogP contribution in [0.1, 0.15) is 43.5 Å². The Labute approximate surface area is 133 Å². The second-order valence-electron chi connectivity index (χ2n) is 6.93. The number of piperidine rings is 1. The highest BCUT2D eigenvalue weighted by molar-refractivity contribution is 5.82. The predicted octanol–water partition coefficient (Wildman–Crippen LogP) is 1.98. The third-order valence-corrected chi connectivity index (χ3v) is 5.20. The van der Waals surface area contributed by atoms with Crippen LogP contribution >= 0.6 is 0 Å². The lowest BCUT2D eigenvalue weighted by atomic mass is 10.00. The van der Waals surface area contributed by atoms with E-state index in [0.29, 0.717) is 11.9 Å². The van der Waals surface area contributed by atoms with E-state index in [2.05, 4.69) is 39.6 Å². The summed E-state index contributed by atoms with van der Waals surface area (Å²) in [5, 5.41) is 4.58. The first-order valence-corrected chi connectivity index (χ1v) is 8.58. The molecule has 5 heteroatoms. The zero-order chi connectivity index (χ0) is 15.7. The molecule has 2 aliphatic rings. The van der Waals surface area contributed by atoms with Crippen molar-refractivity contribution in [3.8, 4) is 0 Å². The Bertz CT molecular complexity index is 539. The van der Waals surface area contributed by atoms with Gasteiger partial charge >= 0.3 is 0 Å². The first-order valence-electron chi connectivity index (χ1n) is 8.58. The van der Waals surface area contributed by atoms with Crippen molar-refractivity contribution in [2.75, 3.05) is 20.1 Å². The molecule has 5 nitrogen and oxygen atoms in total. The lowest BCUT2D eigenvalue weighted by Crippen LogP contribution is -2.52. The molecule has 0 N–H and O–H groups in total. The third kappa shape index (κ3) is 3.05. The van der Waals surface area contributed by atoms with Gasteiger partial charge in [0, 0.05) is 12.2 Å². The molecule has 122 valence electrons. The maximum atomic E-state index is 13.0. The van der Waals surface area contributed by atoms with Gasteiger partial charge in [-0.25, -0.2) is 0 Å². The lowest BCUT2D eigenvalue weighted by molar-refractivity contribution is -0.139. The van der Waals surface area contributed by atoms with Crippen molar-refractivity contribution in [3.05, 3.63) is 17.5 Å². The topological polar surface area (TPSA) is 41.4 Å². The number of hydrogen-bond acceptors (Lipinski definition) is 3. The van der Waals surface area contributed by atoms with Gasteiger partial charge in [-0.2, -0.15) is 5.10 Å². The van der Waals surface area contributed by atoms with Gasteiger partial charge in [0.1, 0.15) is 0 Å². The van der Waals surface area contributed by atoms with E-state index >= 15 is 0 Å². The zero-order valence-electron chi connectivity index (χ0n) is 14.1. The molecule has 3 heterocycles. The number of hydrogen-bond donors (Lipinski definition) is 0. The van der Waals surface area contributed by atoms with Crippen molar-refractivity contribution >= 4 is 5.91 Å². The molecule has 3 rings (SSSR count). The largest absolute Gasteiger partial charge is 0.336 e. The first-order chi connectivity index (χ1) is 10.6. The van der Waals surface area contributed by atoms with E-state index < -0.39 is 0 Å². The van der Waals surface area contributed by atoms with Gasteiger partial charge in [-0.15, -0.1) is 0 Å². The number of rotatable bonds is 3. The Balaban J connectivity index is 1.73. The van der Waals surface area contributed by atoms with Crippen LogP contribution in [0.4, 0.5) is 0 Å². The zero-order valence-corrected chi connectivity index (χ0v) is 14.1. The van der Waals surface area contributed by atoms with Crippen LogP contribution in [0, 0.1) is 13.8 Å². The van der Waals surface area contributed by atoms with Crippen molar-refractivity contribution in [1.82, 2.24) is 19.6 Å². The molecule has 0 bridgehead atoms. The van der Waals surface area contributed by atoms with Crippen LogP contribution in [0.15, 0.2) is 6.07 Å². The third-order valence-electron chi connectivity index (χ3n) is 5.20. The minimum atomic E-state index is 0.0982. The van der Waals surface area contributed by atoms with E-state index in [1.807, 2.05) is 6.92 Å². The average molecular weight is 304 g/mol. The highest BCUT2D eigenvalue weighted by Crippen LogP contribution is 2.24. The van der Waals surface area contributed by atoms with Gasteiger partial charge in [0.25, 0.3) is 0 Å². The maximum Gasteiger partial charge on any atom is 0.240 e. The number of aromatic nitrogens is 2. The van der Waals surface area contributed by atoms with Crippen LogP contribution in [0.25, 0.3) is 0 Å². The van der Waals surface area contributed by atoms with Gasteiger partial charge < -0.3 is 4.90 Å². The van der Waals surface area contributed by atoms with Gasteiger partial charge in [0.15, 0.2) is 0 Å². The summed E-state index contributed by atoms with van der Waals surface area (Å²) in [7, 11) is 2.08. The summed E-state index contributed by atoms with van der Waals surface area (Å²) in [6, 6.07) is 2.51. The van der Waals surface area contributed by atoms with Crippen LogP contribution < -0.4 is 0 Å². The quantitative estimate of drug-likeness (QED) is 0.857. The standard InChI is InChI=1S/C17H28N4O/c1-13-11-14(2)21(18-13)12-15-7-4-5-10-20(15)17(22)16-8-6-9-19(16)3/h11,15-16H,4-10,12H2,1-3H3/t15-,16-/m1/s1. The summed E-state index contributed by atoms with van der Waals surface area (Å²) >= 11 is 0. The second kappa shape index (κ2) is 6.41. The Morgan fingerprint density at radius 3 is 2.68 bits per heavy atom. The highest BCUT2D eigenvalue weighted by atomic mass is 16.2. The molecule has 22 heavy (non-hydrogen) atoms. The van der Waals surface area contributed by atoms with Gasteiger partial charge in [-0.05, 0) is 65.6 Å². The molecule has 2 fully saturated rings. The Hall–Kier alpha value is -1.36. The number of likely N-dealkylation sites (tertiary alicyclic amines) is 2. The molecule has 1 amide bonds. The number of nitrogens with zero attached hydrogens (tertiary/aromatic N) is 4. The molecule has 0 unspecified atom stereocenters. The average Bonchev–Trinajstić information content (AvgIpc) is 3.05. The van der Waals surface area contributed by atoms with E-state index in [1.165, 1.54) is 12.1 Å². The summed E-state index contributed by atoms with van der Waals surface area (Å²) in [4.78, 5) is 17.3. The fourth-order valence-electron chi connectivity index (χ4n) is 3.95. The highest BCUT2D eigenvalue weighted by Gasteiger charge is 2.35. The molecule has 0 spiro atoms. The minimum absolute atomic E-state index is 0.0982. The normalized spacial score (nSPS) is 26.6. The molecule has 2 atom stereocenters. The number of carbonyl (C=O) groups is 1. The van der Waals surface area contributed by atoms with Crippen molar-refractivity contribution in [2.24, 2.45) is 0 Å². The van der Waals surface area contributed by atoms with Crippen molar-refractivity contribution in [3.63, 3.8) is 0 Å². The molecule has 0 saturated carbocycles. The minimum Gasteiger partial charge on any atom is -0.336 e. The molecular weight excluding hydrogens is 276 g/mol. The van der Waals surface area contributed by atoms with Crippen LogP contribution in [-0.2, 0) is 11.3 Å². The molecule has 1 aromatic heterocycles. The van der Waals surface area contributed by atoms with Crippen LogP contribution in [0.5, 0.6) is 0 Å². The van der Waals surface area contributed by atoms with Crippen molar-refractivity contribution in [1.29, 1.82) is 0 Å². The Morgan fingerprint density at radius 2 is 2.05 bits per heavy atom. The number of carbonyl (C=O) groups excluding carboxylic acids is 1. The van der Waals surface area contributed by atoms with Crippen LogP contribution in [0.3, 0.4) is 0 Å². The molecule has 0 aromatic carbocycles. The summed E-state index contributed by atoms with van der Waals surface area (Å²) in [5.41, 5.74) is 2.25. The Morgan fingerprint density at radius 1 is 1.23 bits per heavy atom. The number of aryl methyl sites for hydroxylation is 2. The SMILES string of the molecule is Cc1cc(C)n(C[C@H]2CCCCN2C(=O)[C@H]2CCCN2C)n1. The van der Waals surface area contributed by atoms with Gasteiger partial charge in [0.2, 0.25) is 5.91 Å². The fraction of sp³-hybridized carbons (Fsp3) is 0.765. The summed E-state index contributed by atoms with van der Waals surface area (Å²) in [6.07, 6.45) is 5.60. The summed E-state index contributed by atoms with van der Waals surface area (Å²) < 4.78 is 2.07. The monoisotopic (exact) mass is 304 g/mol. The molecular formula is C17H28N4O. The summed E-state index contributed by atoms with van der Waals surface area (Å²) in [5.74, 6) is 0.339. The molecule has 2 saturated heterocycles. The first kappa shape index (κ1) is 15.5. The van der Waals surface area contributed by atoms with Crippen LogP contribution in [0.2, 0.25) is 0 Å². The van der Waals surface area contributed by atoms with E-state index in [9.17, 15) is 4.79 Å². The predicted molar refractivity (Wildman–Crippen MR) is 86.7 cm³/mol. The van der Waals surface area contributed by atoms with E-state index in [4.69, 9.17) is 0 Å². The van der Waals surface area contributed by atoms with Crippen molar-refractivity contribution in [2.45, 2.75) is 64.6 Å². The van der Waals surface area contributed by atoms with E-state index in [0.717, 1.165) is 51.0 Å². The fourth-order valence-corrected chi connectivity index (χ4v) is 3.95. The number of amides is 1. The van der Waals surface area contributed by atoms with E-state index in [1.54, 1.807) is 0 Å². The van der Waals surface area contributed by atoms with Crippen molar-refractivity contribution < 1.29 is 4.79 Å². The van der Waals surface area contributed by atoms with Gasteiger partial charge in [-0.3, -0.25) is 14.4 Å². The van der Waals surface area contributed by atoms with Gasteiger partial charge in [0.05, 0.1) is 24.3 Å². The molecule has 0 radical (unpaired) electrons.